The van der Waals surface area contributed by atoms with Gasteiger partial charge in [-0.2, -0.15) is 5.10 Å². The number of hydrazone groups is 1. The molecular formula is C14H19N3OS. The average molecular weight is 277 g/mol. The molecule has 0 atom stereocenters. The highest BCUT2D eigenvalue weighted by molar-refractivity contribution is 7.80. The van der Waals surface area contributed by atoms with Crippen molar-refractivity contribution in [2.75, 3.05) is 20.3 Å². The van der Waals surface area contributed by atoms with Crippen LogP contribution in [0.5, 0.6) is 0 Å². The first-order valence-electron chi connectivity index (χ1n) is 6.10. The molecule has 2 N–H and O–H groups in total. The molecule has 102 valence electrons. The minimum atomic E-state index is 0.514. The van der Waals surface area contributed by atoms with Crippen molar-refractivity contribution in [3.63, 3.8) is 0 Å². The van der Waals surface area contributed by atoms with Crippen LogP contribution in [0.15, 0.2) is 41.5 Å². The minimum Gasteiger partial charge on any atom is -0.385 e. The molecule has 0 aliphatic rings. The van der Waals surface area contributed by atoms with Crippen LogP contribution >= 0.6 is 12.2 Å². The number of methoxy groups -OCH3 is 1. The number of nitrogens with zero attached hydrogens (tertiary/aromatic N) is 1. The summed E-state index contributed by atoms with van der Waals surface area (Å²) in [6.45, 7) is 1.49. The Hall–Kier alpha value is -1.72. The number of hydrogen-bond donors (Lipinski definition) is 2. The van der Waals surface area contributed by atoms with E-state index in [1.165, 1.54) is 0 Å². The fraction of sp³-hybridized carbons (Fsp3) is 0.286. The SMILES string of the molecule is COCCCNC(=S)NN=CC=Cc1ccccc1. The van der Waals surface area contributed by atoms with Crippen molar-refractivity contribution >= 4 is 29.6 Å². The van der Waals surface area contributed by atoms with Crippen molar-refractivity contribution in [1.82, 2.24) is 10.7 Å². The van der Waals surface area contributed by atoms with Gasteiger partial charge >= 0.3 is 0 Å². The van der Waals surface area contributed by atoms with E-state index in [2.05, 4.69) is 15.8 Å². The molecule has 0 saturated carbocycles. The molecule has 0 fully saturated rings. The molecule has 0 unspecified atom stereocenters. The number of nitrogens with one attached hydrogen (secondary N) is 2. The fourth-order valence-corrected chi connectivity index (χ4v) is 1.47. The zero-order chi connectivity index (χ0) is 13.8. The summed E-state index contributed by atoms with van der Waals surface area (Å²) in [6, 6.07) is 10.0. The van der Waals surface area contributed by atoms with Gasteiger partial charge < -0.3 is 10.1 Å². The van der Waals surface area contributed by atoms with E-state index in [4.69, 9.17) is 17.0 Å². The van der Waals surface area contributed by atoms with Crippen molar-refractivity contribution in [3.8, 4) is 0 Å². The van der Waals surface area contributed by atoms with Crippen LogP contribution in [0.1, 0.15) is 12.0 Å². The Bertz CT molecular complexity index is 418. The van der Waals surface area contributed by atoms with E-state index in [1.54, 1.807) is 13.3 Å². The molecule has 0 radical (unpaired) electrons. The van der Waals surface area contributed by atoms with Crippen LogP contribution < -0.4 is 10.7 Å². The molecule has 1 rings (SSSR count). The Labute approximate surface area is 119 Å². The molecule has 0 heterocycles. The highest BCUT2D eigenvalue weighted by Gasteiger charge is 1.91. The Balaban J connectivity index is 2.16. The first-order chi connectivity index (χ1) is 9.33. The maximum absolute atomic E-state index is 5.05. The molecule has 1 aromatic carbocycles. The lowest BCUT2D eigenvalue weighted by atomic mass is 10.2. The van der Waals surface area contributed by atoms with Gasteiger partial charge in [0, 0.05) is 26.5 Å². The van der Waals surface area contributed by atoms with E-state index in [-0.39, 0.29) is 0 Å². The van der Waals surface area contributed by atoms with E-state index in [0.29, 0.717) is 5.11 Å². The van der Waals surface area contributed by atoms with E-state index in [9.17, 15) is 0 Å². The van der Waals surface area contributed by atoms with E-state index in [0.717, 1.165) is 25.1 Å². The van der Waals surface area contributed by atoms with Gasteiger partial charge in [-0.05, 0) is 30.3 Å². The molecule has 0 spiro atoms. The highest BCUT2D eigenvalue weighted by Crippen LogP contribution is 1.99. The van der Waals surface area contributed by atoms with Crippen molar-refractivity contribution in [2.24, 2.45) is 5.10 Å². The third-order valence-corrected chi connectivity index (χ3v) is 2.46. The number of allylic oxidation sites excluding steroid dienone is 1. The first kappa shape index (κ1) is 15.3. The van der Waals surface area contributed by atoms with Crippen molar-refractivity contribution in [3.05, 3.63) is 42.0 Å². The van der Waals surface area contributed by atoms with Crippen LogP contribution in [0.25, 0.3) is 6.08 Å². The first-order valence-corrected chi connectivity index (χ1v) is 6.51. The third-order valence-electron chi connectivity index (χ3n) is 2.23. The normalized spacial score (nSPS) is 11.0. The molecule has 0 amide bonds. The zero-order valence-electron chi connectivity index (χ0n) is 11.0. The highest BCUT2D eigenvalue weighted by atomic mass is 32.1. The second-order valence-electron chi connectivity index (χ2n) is 3.76. The van der Waals surface area contributed by atoms with E-state index in [1.807, 2.05) is 42.5 Å². The van der Waals surface area contributed by atoms with Gasteiger partial charge in [0.15, 0.2) is 5.11 Å². The summed E-state index contributed by atoms with van der Waals surface area (Å²) < 4.78 is 4.94. The van der Waals surface area contributed by atoms with Gasteiger partial charge in [-0.3, -0.25) is 5.43 Å². The van der Waals surface area contributed by atoms with Gasteiger partial charge in [-0.15, -0.1) is 0 Å². The summed E-state index contributed by atoms with van der Waals surface area (Å²) in [6.07, 6.45) is 6.40. The quantitative estimate of drug-likeness (QED) is 0.347. The van der Waals surface area contributed by atoms with E-state index >= 15 is 0 Å². The number of hydrogen-bond acceptors (Lipinski definition) is 3. The third kappa shape index (κ3) is 8.07. The van der Waals surface area contributed by atoms with Crippen molar-refractivity contribution in [2.45, 2.75) is 6.42 Å². The minimum absolute atomic E-state index is 0.514. The van der Waals surface area contributed by atoms with Crippen LogP contribution in [-0.4, -0.2) is 31.6 Å². The number of rotatable bonds is 7. The molecule has 19 heavy (non-hydrogen) atoms. The zero-order valence-corrected chi connectivity index (χ0v) is 11.8. The predicted molar refractivity (Wildman–Crippen MR) is 84.2 cm³/mol. The monoisotopic (exact) mass is 277 g/mol. The molecule has 5 heteroatoms. The summed E-state index contributed by atoms with van der Waals surface area (Å²) in [7, 11) is 1.68. The van der Waals surface area contributed by atoms with Crippen molar-refractivity contribution in [1.29, 1.82) is 0 Å². The summed E-state index contributed by atoms with van der Waals surface area (Å²) in [4.78, 5) is 0. The van der Waals surface area contributed by atoms with Gasteiger partial charge in [0.2, 0.25) is 0 Å². The standard InChI is InChI=1S/C14H19N3OS/c1-18-12-6-10-15-14(19)17-16-11-5-9-13-7-3-2-4-8-13/h2-5,7-9,11H,6,10,12H2,1H3,(H2,15,17,19). The lowest BCUT2D eigenvalue weighted by Gasteiger charge is -2.05. The summed E-state index contributed by atoms with van der Waals surface area (Å²) in [5, 5.41) is 7.53. The Morgan fingerprint density at radius 3 is 2.89 bits per heavy atom. The lowest BCUT2D eigenvalue weighted by molar-refractivity contribution is 0.195. The van der Waals surface area contributed by atoms with Crippen molar-refractivity contribution < 1.29 is 4.74 Å². The lowest BCUT2D eigenvalue weighted by Crippen LogP contribution is -2.32. The molecule has 4 nitrogen and oxygen atoms in total. The van der Waals surface area contributed by atoms with E-state index < -0.39 is 0 Å². The summed E-state index contributed by atoms with van der Waals surface area (Å²) in [5.41, 5.74) is 3.88. The van der Waals surface area contributed by atoms with Gasteiger partial charge in [0.05, 0.1) is 0 Å². The molecule has 1 aromatic rings. The van der Waals surface area contributed by atoms with Crippen LogP contribution in [0, 0.1) is 0 Å². The van der Waals surface area contributed by atoms with Gasteiger partial charge in [0.25, 0.3) is 0 Å². The topological polar surface area (TPSA) is 45.6 Å². The molecule has 0 aliphatic heterocycles. The molecule has 0 aliphatic carbocycles. The van der Waals surface area contributed by atoms with Gasteiger partial charge in [-0.1, -0.05) is 36.4 Å². The molecule has 0 saturated heterocycles. The van der Waals surface area contributed by atoms with Gasteiger partial charge in [0.1, 0.15) is 0 Å². The predicted octanol–water partition coefficient (Wildman–Crippen LogP) is 2.19. The number of ether oxygens (including phenoxy) is 1. The maximum atomic E-state index is 5.05. The van der Waals surface area contributed by atoms with Gasteiger partial charge in [-0.25, -0.2) is 0 Å². The van der Waals surface area contributed by atoms with Crippen LogP contribution in [0.2, 0.25) is 0 Å². The smallest absolute Gasteiger partial charge is 0.186 e. The second kappa shape index (κ2) is 10.2. The molecule has 0 aromatic heterocycles. The fourth-order valence-electron chi connectivity index (χ4n) is 1.32. The Kier molecular flexibility index (Phi) is 8.25. The Morgan fingerprint density at radius 2 is 2.16 bits per heavy atom. The average Bonchev–Trinajstić information content (AvgIpc) is 2.44. The molecular weight excluding hydrogens is 258 g/mol. The molecule has 0 bridgehead atoms. The summed E-state index contributed by atoms with van der Waals surface area (Å²) >= 11 is 5.05. The summed E-state index contributed by atoms with van der Waals surface area (Å²) in [5.74, 6) is 0. The maximum Gasteiger partial charge on any atom is 0.186 e. The Morgan fingerprint density at radius 1 is 1.37 bits per heavy atom. The largest absolute Gasteiger partial charge is 0.385 e. The van der Waals surface area contributed by atoms with Crippen LogP contribution in [0.3, 0.4) is 0 Å². The van der Waals surface area contributed by atoms with Crippen LogP contribution in [-0.2, 0) is 4.74 Å². The number of benzene rings is 1. The second-order valence-corrected chi connectivity index (χ2v) is 4.17. The van der Waals surface area contributed by atoms with Crippen LogP contribution in [0.4, 0.5) is 0 Å². The number of thiocarbonyl (C=S) groups is 1.